The Labute approximate surface area is 223 Å². The number of halogens is 6. The third kappa shape index (κ3) is 5.10. The summed E-state index contributed by atoms with van der Waals surface area (Å²) in [6.45, 7) is -0.00342. The summed E-state index contributed by atoms with van der Waals surface area (Å²) < 4.78 is 86.4. The van der Waals surface area contributed by atoms with E-state index in [9.17, 15) is 26.3 Å². The summed E-state index contributed by atoms with van der Waals surface area (Å²) in [6, 6.07) is 11.0. The van der Waals surface area contributed by atoms with E-state index in [-0.39, 0.29) is 30.1 Å². The summed E-state index contributed by atoms with van der Waals surface area (Å²) in [5, 5.41) is 11.3. The van der Waals surface area contributed by atoms with E-state index in [0.717, 1.165) is 25.3 Å². The first-order valence-electron chi connectivity index (χ1n) is 12.3. The minimum atomic E-state index is -5.03. The second-order valence-corrected chi connectivity index (χ2v) is 9.51. The molecule has 13 heteroatoms. The van der Waals surface area contributed by atoms with Crippen molar-refractivity contribution >= 4 is 5.95 Å². The van der Waals surface area contributed by atoms with Gasteiger partial charge >= 0.3 is 12.4 Å². The first-order valence-corrected chi connectivity index (χ1v) is 12.3. The fraction of sp³-hybridized carbons (Fsp3) is 0.259. The van der Waals surface area contributed by atoms with Crippen LogP contribution in [0.1, 0.15) is 46.9 Å². The van der Waals surface area contributed by atoms with E-state index in [1.807, 2.05) is 12.1 Å². The van der Waals surface area contributed by atoms with Crippen LogP contribution < -0.4 is 5.32 Å². The van der Waals surface area contributed by atoms with E-state index < -0.39 is 29.0 Å². The van der Waals surface area contributed by atoms with Crippen LogP contribution in [0, 0.1) is 0 Å². The molecule has 3 aromatic rings. The summed E-state index contributed by atoms with van der Waals surface area (Å²) in [4.78, 5) is 9.06. The van der Waals surface area contributed by atoms with Gasteiger partial charge in [-0.2, -0.15) is 31.4 Å². The van der Waals surface area contributed by atoms with Crippen LogP contribution in [0.4, 0.5) is 32.3 Å². The fourth-order valence-corrected chi connectivity index (χ4v) is 4.92. The number of rotatable bonds is 5. The molecule has 0 radical (unpaired) electrons. The lowest BCUT2D eigenvalue weighted by Gasteiger charge is -2.25. The van der Waals surface area contributed by atoms with Crippen molar-refractivity contribution in [3.8, 4) is 22.6 Å². The number of aryl methyl sites for hydroxylation is 1. The largest absolute Gasteiger partial charge is 0.417 e. The highest BCUT2D eigenvalue weighted by atomic mass is 19.4. The highest BCUT2D eigenvalue weighted by Crippen LogP contribution is 2.41. The Hall–Kier alpha value is -4.42. The Morgan fingerprint density at radius 2 is 1.73 bits per heavy atom. The quantitative estimate of drug-likeness (QED) is 0.234. The molecule has 2 aromatic carbocycles. The van der Waals surface area contributed by atoms with Gasteiger partial charge in [0.2, 0.25) is 5.95 Å². The monoisotopic (exact) mass is 558 g/mol. The van der Waals surface area contributed by atoms with Crippen molar-refractivity contribution in [1.29, 1.82) is 0 Å². The van der Waals surface area contributed by atoms with Gasteiger partial charge in [0, 0.05) is 11.6 Å². The maximum absolute atomic E-state index is 13.6. The first kappa shape index (κ1) is 25.8. The number of fused-ring (bicyclic) bond motifs is 2. The molecule has 0 bridgehead atoms. The molecule has 40 heavy (non-hydrogen) atoms. The normalized spacial score (nSPS) is 15.8. The molecule has 1 aliphatic carbocycles. The number of hydrogen-bond donors (Lipinski definition) is 1. The van der Waals surface area contributed by atoms with E-state index in [1.54, 1.807) is 6.20 Å². The van der Waals surface area contributed by atoms with Gasteiger partial charge < -0.3 is 9.84 Å². The summed E-state index contributed by atoms with van der Waals surface area (Å²) in [5.41, 5.74) is -0.00893. The summed E-state index contributed by atoms with van der Waals surface area (Å²) in [6.07, 6.45) is -3.80. The van der Waals surface area contributed by atoms with Gasteiger partial charge in [0.05, 0.1) is 29.6 Å². The zero-order valence-corrected chi connectivity index (χ0v) is 20.6. The van der Waals surface area contributed by atoms with E-state index in [4.69, 9.17) is 4.52 Å². The number of benzene rings is 2. The first-order chi connectivity index (χ1) is 19.0. The molecule has 0 saturated carbocycles. The lowest BCUT2D eigenvalue weighted by Crippen LogP contribution is -2.17. The number of nitrogens with zero attached hydrogens (tertiary/aromatic N) is 5. The van der Waals surface area contributed by atoms with Gasteiger partial charge in [-0.15, -0.1) is 0 Å². The Balaban J connectivity index is 1.22. The van der Waals surface area contributed by atoms with E-state index in [0.29, 0.717) is 23.4 Å². The third-order valence-corrected chi connectivity index (χ3v) is 6.79. The molecular weight excluding hydrogens is 538 g/mol. The molecule has 0 amide bonds. The second kappa shape index (κ2) is 9.65. The average Bonchev–Trinajstić information content (AvgIpc) is 3.54. The maximum Gasteiger partial charge on any atom is 0.417 e. The number of imidazole rings is 1. The van der Waals surface area contributed by atoms with Gasteiger partial charge in [-0.25, -0.2) is 9.97 Å². The number of aromatic nitrogens is 5. The van der Waals surface area contributed by atoms with Crippen LogP contribution in [0.2, 0.25) is 0 Å². The predicted octanol–water partition coefficient (Wildman–Crippen LogP) is 7.01. The maximum atomic E-state index is 13.6. The van der Waals surface area contributed by atoms with Crippen molar-refractivity contribution in [2.24, 2.45) is 0 Å². The molecule has 1 N–H and O–H groups in total. The molecule has 1 atom stereocenters. The summed E-state index contributed by atoms with van der Waals surface area (Å²) in [7, 11) is 0. The molecule has 206 valence electrons. The van der Waals surface area contributed by atoms with Crippen LogP contribution in [0.25, 0.3) is 22.6 Å². The van der Waals surface area contributed by atoms with Gasteiger partial charge in [-0.05, 0) is 42.5 Å². The van der Waals surface area contributed by atoms with E-state index in [1.165, 1.54) is 28.1 Å². The third-order valence-electron chi connectivity index (χ3n) is 6.79. The molecule has 1 unspecified atom stereocenters. The average molecular weight is 558 g/mol. The van der Waals surface area contributed by atoms with Crippen molar-refractivity contribution in [3.05, 3.63) is 88.9 Å². The Morgan fingerprint density at radius 1 is 0.925 bits per heavy atom. The van der Waals surface area contributed by atoms with Crippen LogP contribution in [-0.2, 0) is 25.3 Å². The molecule has 6 rings (SSSR count). The molecule has 0 spiro atoms. The van der Waals surface area contributed by atoms with E-state index >= 15 is 0 Å². The van der Waals surface area contributed by atoms with E-state index in [2.05, 4.69) is 37.7 Å². The molecule has 3 aliphatic rings. The van der Waals surface area contributed by atoms with Crippen molar-refractivity contribution in [1.82, 2.24) is 24.9 Å². The molecule has 7 nitrogen and oxygen atoms in total. The predicted molar refractivity (Wildman–Crippen MR) is 131 cm³/mol. The van der Waals surface area contributed by atoms with Gasteiger partial charge in [0.15, 0.2) is 5.76 Å². The number of alkyl halides is 6. The summed E-state index contributed by atoms with van der Waals surface area (Å²) >= 11 is 0. The minimum Gasteiger partial charge on any atom is -0.359 e. The summed E-state index contributed by atoms with van der Waals surface area (Å²) in [5.74, 6) is 0.608. The smallest absolute Gasteiger partial charge is 0.359 e. The number of hydrogen-bond acceptors (Lipinski definition) is 6. The van der Waals surface area contributed by atoms with Crippen molar-refractivity contribution in [2.45, 2.75) is 44.2 Å². The van der Waals surface area contributed by atoms with Gasteiger partial charge in [0.1, 0.15) is 23.6 Å². The molecule has 2 aliphatic heterocycles. The van der Waals surface area contributed by atoms with Gasteiger partial charge in [-0.3, -0.25) is 4.68 Å². The van der Waals surface area contributed by atoms with Crippen LogP contribution in [0.3, 0.4) is 0 Å². The van der Waals surface area contributed by atoms with Crippen LogP contribution in [0.5, 0.6) is 0 Å². The molecule has 1 aromatic heterocycles. The highest BCUT2D eigenvalue weighted by molar-refractivity contribution is 5.65. The zero-order chi connectivity index (χ0) is 28.1. The minimum absolute atomic E-state index is 0.00342. The second-order valence-electron chi connectivity index (χ2n) is 9.51. The van der Waals surface area contributed by atoms with Crippen LogP contribution in [0.15, 0.2) is 65.4 Å². The Morgan fingerprint density at radius 3 is 2.52 bits per heavy atom. The van der Waals surface area contributed by atoms with Gasteiger partial charge in [-0.1, -0.05) is 35.5 Å². The van der Waals surface area contributed by atoms with Crippen molar-refractivity contribution in [2.75, 3.05) is 5.32 Å². The lowest BCUT2D eigenvalue weighted by molar-refractivity contribution is -0.142. The van der Waals surface area contributed by atoms with Crippen LogP contribution in [-0.4, -0.2) is 24.9 Å². The molecule has 0 saturated heterocycles. The van der Waals surface area contributed by atoms with Crippen molar-refractivity contribution < 1.29 is 30.9 Å². The molecular formula is C27H20F6N6O. The topological polar surface area (TPSA) is 81.7 Å². The Kier molecular flexibility index (Phi) is 6.23. The molecule has 3 heterocycles. The lowest BCUT2D eigenvalue weighted by atomic mass is 9.88. The highest BCUT2D eigenvalue weighted by Gasteiger charge is 2.39. The zero-order valence-electron chi connectivity index (χ0n) is 20.6. The SMILES string of the molecule is FC(F)(F)c1ccc(-c2cc(Cn3cc4nc(NC5CCCc6ccccc65)nc-4cn3)on2)c(C(F)(F)F)c1. The Bertz CT molecular complexity index is 1640. The van der Waals surface area contributed by atoms with Gasteiger partial charge in [0.25, 0.3) is 0 Å². The fourth-order valence-electron chi connectivity index (χ4n) is 4.92. The number of anilines is 1. The number of nitrogens with one attached hydrogen (secondary N) is 1. The standard InChI is InChI=1S/C27H20F6N6O/c28-26(29,30)16-8-9-19(20(10-16)27(31,32)33)22-11-17(40-38-22)13-39-14-24-23(12-34-39)36-25(37-24)35-21-7-3-5-15-4-1-2-6-18(15)21/h1-2,4,6,8-12,14,21H,3,5,7,13H2,(H,35,37). The van der Waals surface area contributed by atoms with Crippen molar-refractivity contribution in [3.63, 3.8) is 0 Å². The van der Waals surface area contributed by atoms with Crippen LogP contribution >= 0.6 is 0 Å². The molecule has 0 fully saturated rings.